The number of carbonyl (C=O) groups is 2. The highest BCUT2D eigenvalue weighted by atomic mass is 32.2. The Bertz CT molecular complexity index is 836. The second kappa shape index (κ2) is 10.1. The molecule has 0 aromatic heterocycles. The zero-order chi connectivity index (χ0) is 19.8. The Labute approximate surface area is 170 Å². The third-order valence-electron chi connectivity index (χ3n) is 4.71. The maximum Gasteiger partial charge on any atom is 0.228 e. The van der Waals surface area contributed by atoms with Crippen molar-refractivity contribution in [2.45, 2.75) is 31.1 Å². The van der Waals surface area contributed by atoms with Crippen LogP contribution in [0.4, 0.5) is 11.4 Å². The largest absolute Gasteiger partial charge is 0.324 e. The number of rotatable bonds is 8. The van der Waals surface area contributed by atoms with Gasteiger partial charge in [0.2, 0.25) is 11.8 Å². The molecule has 0 spiro atoms. The van der Waals surface area contributed by atoms with E-state index in [4.69, 9.17) is 0 Å². The van der Waals surface area contributed by atoms with E-state index in [0.29, 0.717) is 29.5 Å². The average Bonchev–Trinajstić information content (AvgIpc) is 3.21. The summed E-state index contributed by atoms with van der Waals surface area (Å²) in [5.74, 6) is 0.780. The van der Waals surface area contributed by atoms with E-state index in [1.165, 1.54) is 0 Å². The van der Waals surface area contributed by atoms with Crippen LogP contribution < -0.4 is 10.6 Å². The molecule has 2 aromatic rings. The van der Waals surface area contributed by atoms with Crippen LogP contribution in [-0.4, -0.2) is 17.6 Å². The molecule has 0 fully saturated rings. The minimum absolute atomic E-state index is 0.0223. The number of hydrogen-bond donors (Lipinski definition) is 2. The molecule has 2 atom stereocenters. The summed E-state index contributed by atoms with van der Waals surface area (Å²) in [4.78, 5) is 26.1. The van der Waals surface area contributed by atoms with Gasteiger partial charge in [0.25, 0.3) is 0 Å². The number of allylic oxidation sites excluding steroid dienone is 2. The first-order chi connectivity index (χ1) is 13.6. The van der Waals surface area contributed by atoms with Crippen LogP contribution in [0.25, 0.3) is 0 Å². The van der Waals surface area contributed by atoms with Gasteiger partial charge in [-0.2, -0.15) is 0 Å². The number of thioether (sulfide) groups is 1. The van der Waals surface area contributed by atoms with E-state index in [9.17, 15) is 9.59 Å². The van der Waals surface area contributed by atoms with Gasteiger partial charge in [0.05, 0.1) is 11.4 Å². The fraction of sp³-hybridized carbons (Fsp3) is 0.304. The van der Waals surface area contributed by atoms with Gasteiger partial charge in [-0.3, -0.25) is 9.59 Å². The summed E-state index contributed by atoms with van der Waals surface area (Å²) >= 11 is 1.66. The van der Waals surface area contributed by atoms with Crippen molar-refractivity contribution in [2.75, 3.05) is 16.4 Å². The van der Waals surface area contributed by atoms with Crippen LogP contribution in [0.15, 0.2) is 71.6 Å². The Balaban J connectivity index is 1.55. The number of benzene rings is 2. The number of amides is 2. The third kappa shape index (κ3) is 5.99. The maximum atomic E-state index is 12.6. The van der Waals surface area contributed by atoms with Crippen LogP contribution in [0.5, 0.6) is 0 Å². The lowest BCUT2D eigenvalue weighted by Gasteiger charge is -2.16. The van der Waals surface area contributed by atoms with Crippen LogP contribution in [0.3, 0.4) is 0 Å². The first-order valence-electron chi connectivity index (χ1n) is 9.66. The summed E-state index contributed by atoms with van der Waals surface area (Å²) in [5.41, 5.74) is 1.28. The molecule has 3 rings (SSSR count). The van der Waals surface area contributed by atoms with Crippen molar-refractivity contribution in [3.8, 4) is 0 Å². The first kappa shape index (κ1) is 20.2. The van der Waals surface area contributed by atoms with Crippen molar-refractivity contribution in [1.29, 1.82) is 0 Å². The number of nitrogens with one attached hydrogen (secondary N) is 2. The molecular weight excluding hydrogens is 368 g/mol. The number of carbonyl (C=O) groups excluding carboxylic acids is 2. The maximum absolute atomic E-state index is 12.6. The molecule has 2 amide bonds. The molecule has 4 nitrogen and oxygen atoms in total. The van der Waals surface area contributed by atoms with Gasteiger partial charge >= 0.3 is 0 Å². The van der Waals surface area contributed by atoms with E-state index >= 15 is 0 Å². The molecule has 1 aliphatic carbocycles. The topological polar surface area (TPSA) is 58.2 Å². The van der Waals surface area contributed by atoms with Crippen molar-refractivity contribution < 1.29 is 9.59 Å². The lowest BCUT2D eigenvalue weighted by Crippen LogP contribution is -2.23. The number of hydrogen-bond acceptors (Lipinski definition) is 3. The molecular formula is C23H26N2O2S. The van der Waals surface area contributed by atoms with Gasteiger partial charge in [-0.25, -0.2) is 0 Å². The van der Waals surface area contributed by atoms with E-state index in [1.807, 2.05) is 61.5 Å². The smallest absolute Gasteiger partial charge is 0.228 e. The van der Waals surface area contributed by atoms with Crippen LogP contribution in [-0.2, 0) is 9.59 Å². The molecule has 146 valence electrons. The minimum Gasteiger partial charge on any atom is -0.324 e. The second-order valence-electron chi connectivity index (χ2n) is 7.08. The molecule has 5 heteroatoms. The SMILES string of the molecule is CC(CSc1ccccc1)C(=O)Nc1ccccc1NC(=O)CC1C=CCC1. The van der Waals surface area contributed by atoms with Gasteiger partial charge in [0.15, 0.2) is 0 Å². The molecule has 2 N–H and O–H groups in total. The average molecular weight is 395 g/mol. The molecule has 0 radical (unpaired) electrons. The predicted molar refractivity (Wildman–Crippen MR) is 117 cm³/mol. The Morgan fingerprint density at radius 2 is 1.71 bits per heavy atom. The van der Waals surface area contributed by atoms with Gasteiger partial charge in [0, 0.05) is 23.0 Å². The van der Waals surface area contributed by atoms with Gasteiger partial charge in [0.1, 0.15) is 0 Å². The second-order valence-corrected chi connectivity index (χ2v) is 8.17. The highest BCUT2D eigenvalue weighted by Gasteiger charge is 2.17. The highest BCUT2D eigenvalue weighted by molar-refractivity contribution is 7.99. The number of para-hydroxylation sites is 2. The first-order valence-corrected chi connectivity index (χ1v) is 10.6. The molecule has 0 saturated carbocycles. The summed E-state index contributed by atoms with van der Waals surface area (Å²) in [5, 5.41) is 5.91. The summed E-state index contributed by atoms with van der Waals surface area (Å²) < 4.78 is 0. The van der Waals surface area contributed by atoms with E-state index in [0.717, 1.165) is 17.7 Å². The van der Waals surface area contributed by atoms with Gasteiger partial charge in [-0.05, 0) is 43.0 Å². The molecule has 0 heterocycles. The lowest BCUT2D eigenvalue weighted by molar-refractivity contribution is -0.119. The van der Waals surface area contributed by atoms with Crippen LogP contribution in [0.2, 0.25) is 0 Å². The molecule has 0 bridgehead atoms. The summed E-state index contributed by atoms with van der Waals surface area (Å²) in [7, 11) is 0. The quantitative estimate of drug-likeness (QED) is 0.469. The van der Waals surface area contributed by atoms with Gasteiger partial charge in [-0.15, -0.1) is 11.8 Å². The molecule has 0 aliphatic heterocycles. The Hall–Kier alpha value is -2.53. The minimum atomic E-state index is -0.155. The summed E-state index contributed by atoms with van der Waals surface area (Å²) in [6, 6.07) is 17.4. The monoisotopic (exact) mass is 394 g/mol. The van der Waals surface area contributed by atoms with Gasteiger partial charge < -0.3 is 10.6 Å². The van der Waals surface area contributed by atoms with Crippen molar-refractivity contribution in [3.63, 3.8) is 0 Å². The molecule has 2 unspecified atom stereocenters. The Morgan fingerprint density at radius 3 is 2.39 bits per heavy atom. The van der Waals surface area contributed by atoms with Crippen molar-refractivity contribution in [2.24, 2.45) is 11.8 Å². The normalized spacial score (nSPS) is 16.5. The standard InChI is InChI=1S/C23H26N2O2S/c1-17(16-28-19-11-3-2-4-12-19)23(27)25-21-14-8-7-13-20(21)24-22(26)15-18-9-5-6-10-18/h2-5,7-9,11-14,17-18H,6,10,15-16H2,1H3,(H,24,26)(H,25,27). The molecule has 28 heavy (non-hydrogen) atoms. The van der Waals surface area contributed by atoms with Crippen molar-refractivity contribution in [1.82, 2.24) is 0 Å². The van der Waals surface area contributed by atoms with Crippen molar-refractivity contribution >= 4 is 35.0 Å². The zero-order valence-corrected chi connectivity index (χ0v) is 16.9. The number of anilines is 2. The van der Waals surface area contributed by atoms with Gasteiger partial charge in [-0.1, -0.05) is 49.4 Å². The van der Waals surface area contributed by atoms with Crippen LogP contribution >= 0.6 is 11.8 Å². The summed E-state index contributed by atoms with van der Waals surface area (Å²) in [6.45, 7) is 1.92. The van der Waals surface area contributed by atoms with E-state index in [-0.39, 0.29) is 17.7 Å². The summed E-state index contributed by atoms with van der Waals surface area (Å²) in [6.07, 6.45) is 6.79. The molecule has 2 aromatic carbocycles. The fourth-order valence-electron chi connectivity index (χ4n) is 3.08. The lowest BCUT2D eigenvalue weighted by atomic mass is 10.0. The van der Waals surface area contributed by atoms with Crippen molar-refractivity contribution in [3.05, 3.63) is 66.7 Å². The van der Waals surface area contributed by atoms with Crippen LogP contribution in [0, 0.1) is 11.8 Å². The zero-order valence-electron chi connectivity index (χ0n) is 16.1. The van der Waals surface area contributed by atoms with E-state index in [1.54, 1.807) is 11.8 Å². The predicted octanol–water partition coefficient (Wildman–Crippen LogP) is 5.35. The third-order valence-corrected chi connectivity index (χ3v) is 5.98. The highest BCUT2D eigenvalue weighted by Crippen LogP contribution is 2.26. The van der Waals surface area contributed by atoms with E-state index in [2.05, 4.69) is 22.8 Å². The molecule has 1 aliphatic rings. The Morgan fingerprint density at radius 1 is 1.04 bits per heavy atom. The van der Waals surface area contributed by atoms with Crippen LogP contribution in [0.1, 0.15) is 26.2 Å². The van der Waals surface area contributed by atoms with E-state index < -0.39 is 0 Å². The Kier molecular flexibility index (Phi) is 7.31. The molecule has 0 saturated heterocycles. The fourth-order valence-corrected chi connectivity index (χ4v) is 4.02.